The van der Waals surface area contributed by atoms with Crippen LogP contribution in [0.15, 0.2) is 17.3 Å². The highest BCUT2D eigenvalue weighted by atomic mass is 127. The van der Waals surface area contributed by atoms with E-state index >= 15 is 0 Å². The van der Waals surface area contributed by atoms with Crippen molar-refractivity contribution in [3.63, 3.8) is 0 Å². The van der Waals surface area contributed by atoms with Gasteiger partial charge in [-0.15, -0.1) is 24.0 Å². The average molecular weight is 385 g/mol. The summed E-state index contributed by atoms with van der Waals surface area (Å²) in [4.78, 5) is 6.53. The number of guanidine groups is 1. The number of hydrogen-bond donors (Lipinski definition) is 1. The van der Waals surface area contributed by atoms with Gasteiger partial charge in [0.05, 0.1) is 11.6 Å². The minimum Gasteiger partial charge on any atom is -0.357 e. The molecule has 18 heavy (non-hydrogen) atoms. The van der Waals surface area contributed by atoms with E-state index < -0.39 is 0 Å². The molecule has 0 aromatic carbocycles. The Morgan fingerprint density at radius 2 is 2.17 bits per heavy atom. The maximum Gasteiger partial charge on any atom is 0.193 e. The molecule has 1 N–H and O–H groups in total. The van der Waals surface area contributed by atoms with Crippen molar-refractivity contribution in [3.8, 4) is 0 Å². The molecular weight excluding hydrogens is 363 g/mol. The predicted octanol–water partition coefficient (Wildman–Crippen LogP) is 2.71. The number of nitrogens with one attached hydrogen (secondary N) is 1. The molecule has 0 aliphatic heterocycles. The van der Waals surface area contributed by atoms with Gasteiger partial charge >= 0.3 is 0 Å². The molecule has 1 heterocycles. The Kier molecular flexibility index (Phi) is 8.43. The van der Waals surface area contributed by atoms with Crippen molar-refractivity contribution in [1.29, 1.82) is 0 Å². The number of nitrogens with zero attached hydrogens (tertiary/aromatic N) is 3. The molecule has 1 rings (SSSR count). The number of aryl methyl sites for hydroxylation is 1. The van der Waals surface area contributed by atoms with Gasteiger partial charge in [0.1, 0.15) is 0 Å². The van der Waals surface area contributed by atoms with Crippen LogP contribution < -0.4 is 5.32 Å². The van der Waals surface area contributed by atoms with Gasteiger partial charge < -0.3 is 14.8 Å². The summed E-state index contributed by atoms with van der Waals surface area (Å²) < 4.78 is 2.04. The van der Waals surface area contributed by atoms with Crippen LogP contribution in [0.2, 0.25) is 5.02 Å². The van der Waals surface area contributed by atoms with Gasteiger partial charge in [0.25, 0.3) is 0 Å². The summed E-state index contributed by atoms with van der Waals surface area (Å²) >= 11 is 5.97. The predicted molar refractivity (Wildman–Crippen MR) is 89.0 cm³/mol. The summed E-state index contributed by atoms with van der Waals surface area (Å²) in [6.07, 6.45) is 1.91. The highest BCUT2D eigenvalue weighted by Crippen LogP contribution is 2.14. The molecule has 0 aliphatic carbocycles. The Balaban J connectivity index is 0.00000289. The van der Waals surface area contributed by atoms with Crippen LogP contribution in [0.5, 0.6) is 0 Å². The summed E-state index contributed by atoms with van der Waals surface area (Å²) in [5.74, 6) is 0.923. The Labute approximate surface area is 131 Å². The first-order valence-electron chi connectivity index (χ1n) is 5.88. The van der Waals surface area contributed by atoms with Crippen LogP contribution in [0.25, 0.3) is 0 Å². The zero-order valence-corrected chi connectivity index (χ0v) is 14.5. The molecule has 0 radical (unpaired) electrons. The van der Waals surface area contributed by atoms with Crippen molar-refractivity contribution in [3.05, 3.63) is 23.0 Å². The Hall–Kier alpha value is -0.430. The molecule has 104 valence electrons. The molecular formula is C12H22ClIN4. The number of rotatable bonds is 4. The van der Waals surface area contributed by atoms with Gasteiger partial charge in [-0.2, -0.15) is 0 Å². The van der Waals surface area contributed by atoms with E-state index in [0.29, 0.717) is 0 Å². The molecule has 1 aromatic rings. The fourth-order valence-electron chi connectivity index (χ4n) is 1.66. The smallest absolute Gasteiger partial charge is 0.193 e. The van der Waals surface area contributed by atoms with Crippen LogP contribution >= 0.6 is 35.6 Å². The number of aromatic nitrogens is 1. The van der Waals surface area contributed by atoms with Crippen LogP contribution in [-0.2, 0) is 13.6 Å². The minimum atomic E-state index is 0. The Morgan fingerprint density at radius 3 is 2.61 bits per heavy atom. The fraction of sp³-hybridized carbons (Fsp3) is 0.583. The first kappa shape index (κ1) is 17.6. The molecule has 0 fully saturated rings. The third-order valence-corrected chi connectivity index (χ3v) is 2.68. The van der Waals surface area contributed by atoms with Crippen molar-refractivity contribution in [1.82, 2.24) is 14.8 Å². The van der Waals surface area contributed by atoms with Gasteiger partial charge in [0.15, 0.2) is 5.96 Å². The maximum atomic E-state index is 5.97. The van der Waals surface area contributed by atoms with Crippen LogP contribution in [0.4, 0.5) is 0 Å². The van der Waals surface area contributed by atoms with Crippen molar-refractivity contribution in [2.24, 2.45) is 12.0 Å². The van der Waals surface area contributed by atoms with E-state index in [9.17, 15) is 0 Å². The second-order valence-electron chi connectivity index (χ2n) is 3.94. The number of hydrogen-bond acceptors (Lipinski definition) is 1. The van der Waals surface area contributed by atoms with Crippen molar-refractivity contribution < 1.29 is 0 Å². The molecule has 0 unspecified atom stereocenters. The Bertz CT molecular complexity index is 389. The topological polar surface area (TPSA) is 32.6 Å². The van der Waals surface area contributed by atoms with Gasteiger partial charge in [-0.25, -0.2) is 0 Å². The summed E-state index contributed by atoms with van der Waals surface area (Å²) in [5, 5.41) is 4.04. The lowest BCUT2D eigenvalue weighted by Crippen LogP contribution is -2.38. The van der Waals surface area contributed by atoms with E-state index in [-0.39, 0.29) is 24.0 Å². The van der Waals surface area contributed by atoms with Crippen molar-refractivity contribution in [2.75, 3.05) is 20.1 Å². The second-order valence-corrected chi connectivity index (χ2v) is 4.38. The summed E-state index contributed by atoms with van der Waals surface area (Å²) in [7, 11) is 4.02. The van der Waals surface area contributed by atoms with Gasteiger partial charge in [-0.1, -0.05) is 11.6 Å². The molecule has 0 saturated heterocycles. The van der Waals surface area contributed by atoms with E-state index in [0.717, 1.165) is 30.6 Å². The molecule has 0 atom stereocenters. The van der Waals surface area contributed by atoms with Crippen molar-refractivity contribution in [2.45, 2.75) is 20.4 Å². The molecule has 0 amide bonds. The summed E-state index contributed by atoms with van der Waals surface area (Å²) in [6, 6.07) is 1.98. The lowest BCUT2D eigenvalue weighted by atomic mass is 10.4. The highest BCUT2D eigenvalue weighted by Gasteiger charge is 2.08. The molecule has 0 saturated carbocycles. The van der Waals surface area contributed by atoms with Gasteiger partial charge in [-0.3, -0.25) is 4.99 Å². The quantitative estimate of drug-likeness (QED) is 0.492. The molecule has 0 bridgehead atoms. The van der Waals surface area contributed by atoms with Gasteiger partial charge in [0.2, 0.25) is 0 Å². The summed E-state index contributed by atoms with van der Waals surface area (Å²) in [5.41, 5.74) is 1.17. The molecule has 6 heteroatoms. The monoisotopic (exact) mass is 384 g/mol. The number of aliphatic imine (C=N–C) groups is 1. The molecule has 0 spiro atoms. The third-order valence-electron chi connectivity index (χ3n) is 2.48. The number of halogens is 2. The van der Waals surface area contributed by atoms with E-state index in [1.807, 2.05) is 37.8 Å². The van der Waals surface area contributed by atoms with Crippen LogP contribution in [0.3, 0.4) is 0 Å². The fourth-order valence-corrected chi connectivity index (χ4v) is 1.93. The SMILES string of the molecule is CCN=C(NCC)N(C)Cc1cc(Cl)cn1C.I. The zero-order valence-electron chi connectivity index (χ0n) is 11.4. The van der Waals surface area contributed by atoms with Crippen LogP contribution in [0, 0.1) is 0 Å². The third kappa shape index (κ3) is 5.06. The van der Waals surface area contributed by atoms with E-state index in [1.54, 1.807) is 0 Å². The molecule has 0 aliphatic rings. The van der Waals surface area contributed by atoms with Crippen molar-refractivity contribution >= 4 is 41.5 Å². The largest absolute Gasteiger partial charge is 0.357 e. The van der Waals surface area contributed by atoms with Crippen LogP contribution in [0.1, 0.15) is 19.5 Å². The zero-order chi connectivity index (χ0) is 12.8. The second kappa shape index (κ2) is 8.63. The van der Waals surface area contributed by atoms with Gasteiger partial charge in [-0.05, 0) is 19.9 Å². The van der Waals surface area contributed by atoms with Crippen LogP contribution in [-0.4, -0.2) is 35.6 Å². The lowest BCUT2D eigenvalue weighted by molar-refractivity contribution is 0.462. The lowest BCUT2D eigenvalue weighted by Gasteiger charge is -2.22. The first-order valence-corrected chi connectivity index (χ1v) is 6.26. The highest BCUT2D eigenvalue weighted by molar-refractivity contribution is 14.0. The van der Waals surface area contributed by atoms with E-state index in [1.165, 1.54) is 5.69 Å². The maximum absolute atomic E-state index is 5.97. The summed E-state index contributed by atoms with van der Waals surface area (Å²) in [6.45, 7) is 6.54. The first-order chi connectivity index (χ1) is 8.08. The molecule has 4 nitrogen and oxygen atoms in total. The Morgan fingerprint density at radius 1 is 1.50 bits per heavy atom. The van der Waals surface area contributed by atoms with Gasteiger partial charge in [0, 0.05) is 39.1 Å². The minimum absolute atomic E-state index is 0. The standard InChI is InChI=1S/C12H21ClN4.HI/c1-5-14-12(15-6-2)17(4)9-11-7-10(13)8-16(11)3;/h7-8H,5-6,9H2,1-4H3,(H,14,15);1H. The normalized spacial score (nSPS) is 11.1. The van der Waals surface area contributed by atoms with E-state index in [4.69, 9.17) is 11.6 Å². The van der Waals surface area contributed by atoms with E-state index in [2.05, 4.69) is 22.1 Å². The molecule has 1 aromatic heterocycles. The average Bonchev–Trinajstić information content (AvgIpc) is 2.57.